The van der Waals surface area contributed by atoms with Gasteiger partial charge in [0.25, 0.3) is 0 Å². The van der Waals surface area contributed by atoms with Crippen molar-refractivity contribution in [1.82, 2.24) is 24.6 Å². The van der Waals surface area contributed by atoms with Crippen molar-refractivity contribution in [3.05, 3.63) is 57.5 Å². The molecule has 2 unspecified atom stereocenters. The number of allylic oxidation sites excluding steroid dienone is 1. The number of rotatable bonds is 5. The van der Waals surface area contributed by atoms with Gasteiger partial charge in [0.1, 0.15) is 11.6 Å². The van der Waals surface area contributed by atoms with Gasteiger partial charge in [-0.3, -0.25) is 4.90 Å². The number of fused-ring (bicyclic) bond motifs is 1. The normalized spacial score (nSPS) is 23.9. The minimum absolute atomic E-state index is 0.225. The zero-order chi connectivity index (χ0) is 24.7. The van der Waals surface area contributed by atoms with E-state index < -0.39 is 0 Å². The molecule has 1 saturated heterocycles. The van der Waals surface area contributed by atoms with E-state index in [1.165, 1.54) is 0 Å². The predicted molar refractivity (Wildman–Crippen MR) is 137 cm³/mol. The van der Waals surface area contributed by atoms with Gasteiger partial charge in [-0.05, 0) is 68.3 Å². The molecule has 3 heterocycles. The summed E-state index contributed by atoms with van der Waals surface area (Å²) in [6.07, 6.45) is 8.04. The van der Waals surface area contributed by atoms with Crippen LogP contribution in [-0.2, 0) is 0 Å². The van der Waals surface area contributed by atoms with Gasteiger partial charge >= 0.3 is 0 Å². The zero-order valence-corrected chi connectivity index (χ0v) is 21.3. The van der Waals surface area contributed by atoms with Crippen molar-refractivity contribution >= 4 is 39.9 Å². The molecule has 7 nitrogen and oxygen atoms in total. The van der Waals surface area contributed by atoms with Crippen LogP contribution in [0.25, 0.3) is 16.7 Å². The first-order valence-electron chi connectivity index (χ1n) is 12.1. The summed E-state index contributed by atoms with van der Waals surface area (Å²) < 4.78 is 1.73. The van der Waals surface area contributed by atoms with E-state index in [-0.39, 0.29) is 24.4 Å². The van der Waals surface area contributed by atoms with Gasteiger partial charge in [0.05, 0.1) is 24.5 Å². The fraction of sp³-hybridized carbons (Fsp3) is 0.462. The Morgan fingerprint density at radius 2 is 2.14 bits per heavy atom. The summed E-state index contributed by atoms with van der Waals surface area (Å²) in [6.45, 7) is 5.52. The number of halogens is 2. The largest absolute Gasteiger partial charge is 0.395 e. The van der Waals surface area contributed by atoms with Crippen molar-refractivity contribution in [2.75, 3.05) is 13.2 Å². The number of nitrogens with zero attached hydrogens (tertiary/aromatic N) is 6. The molecule has 2 aliphatic rings. The van der Waals surface area contributed by atoms with Crippen molar-refractivity contribution in [1.29, 1.82) is 5.26 Å². The molecule has 3 aromatic rings. The summed E-state index contributed by atoms with van der Waals surface area (Å²) in [5.41, 5.74) is 4.10. The van der Waals surface area contributed by atoms with Crippen LogP contribution < -0.4 is 0 Å². The van der Waals surface area contributed by atoms with E-state index >= 15 is 0 Å². The molecule has 0 amide bonds. The summed E-state index contributed by atoms with van der Waals surface area (Å²) in [7, 11) is 0. The van der Waals surface area contributed by atoms with Gasteiger partial charge in [-0.25, -0.2) is 14.6 Å². The van der Waals surface area contributed by atoms with Crippen LogP contribution >= 0.6 is 23.2 Å². The second-order valence-electron chi connectivity index (χ2n) is 9.60. The summed E-state index contributed by atoms with van der Waals surface area (Å²) >= 11 is 12.5. The van der Waals surface area contributed by atoms with Crippen molar-refractivity contribution < 1.29 is 5.11 Å². The highest BCUT2D eigenvalue weighted by atomic mass is 35.5. The van der Waals surface area contributed by atoms with Gasteiger partial charge in [0, 0.05) is 22.1 Å². The molecule has 1 N–H and O–H groups in total. The number of nitriles is 1. The lowest BCUT2D eigenvalue weighted by Crippen LogP contribution is -2.45. The van der Waals surface area contributed by atoms with E-state index in [0.717, 1.165) is 49.1 Å². The van der Waals surface area contributed by atoms with Gasteiger partial charge in [0.15, 0.2) is 11.3 Å². The molecule has 2 aromatic heterocycles. The fourth-order valence-electron chi connectivity index (χ4n) is 5.60. The third-order valence-corrected chi connectivity index (χ3v) is 8.04. The highest BCUT2D eigenvalue weighted by molar-refractivity contribution is 6.35. The number of aliphatic hydroxyl groups is 1. The lowest BCUT2D eigenvalue weighted by atomic mass is 9.83. The minimum Gasteiger partial charge on any atom is -0.395 e. The van der Waals surface area contributed by atoms with E-state index in [2.05, 4.69) is 34.1 Å². The van der Waals surface area contributed by atoms with Crippen molar-refractivity contribution in [2.45, 2.75) is 57.7 Å². The Labute approximate surface area is 215 Å². The van der Waals surface area contributed by atoms with Crippen LogP contribution in [0.1, 0.15) is 62.5 Å². The predicted octanol–water partition coefficient (Wildman–Crippen LogP) is 5.25. The van der Waals surface area contributed by atoms with Crippen LogP contribution in [-0.4, -0.2) is 55.0 Å². The smallest absolute Gasteiger partial charge is 0.190 e. The Morgan fingerprint density at radius 3 is 2.86 bits per heavy atom. The number of hydrogen-bond acceptors (Lipinski definition) is 6. The van der Waals surface area contributed by atoms with Crippen LogP contribution in [0.2, 0.25) is 10.0 Å². The molecule has 182 valence electrons. The third kappa shape index (κ3) is 4.45. The molecule has 9 heteroatoms. The maximum Gasteiger partial charge on any atom is 0.190 e. The first kappa shape index (κ1) is 24.2. The topological polar surface area (TPSA) is 90.9 Å². The molecule has 5 rings (SSSR count). The molecule has 0 radical (unpaired) electrons. The van der Waals surface area contributed by atoms with Crippen LogP contribution in [0, 0.1) is 17.2 Å². The lowest BCUT2D eigenvalue weighted by Gasteiger charge is -2.38. The van der Waals surface area contributed by atoms with E-state index in [1.54, 1.807) is 23.0 Å². The highest BCUT2D eigenvalue weighted by Crippen LogP contribution is 2.36. The van der Waals surface area contributed by atoms with Crippen molar-refractivity contribution in [2.24, 2.45) is 5.92 Å². The molecule has 4 atom stereocenters. The first-order chi connectivity index (χ1) is 16.9. The lowest BCUT2D eigenvalue weighted by molar-refractivity contribution is 0.0910. The maximum absolute atomic E-state index is 9.77. The molecule has 35 heavy (non-hydrogen) atoms. The number of hydrogen-bond donors (Lipinski definition) is 1. The summed E-state index contributed by atoms with van der Waals surface area (Å²) in [5.74, 6) is 0.436. The average molecular weight is 511 g/mol. The van der Waals surface area contributed by atoms with Crippen LogP contribution in [0.4, 0.5) is 0 Å². The van der Waals surface area contributed by atoms with E-state index in [4.69, 9.17) is 28.2 Å². The molecule has 0 saturated carbocycles. The molecular weight excluding hydrogens is 483 g/mol. The summed E-state index contributed by atoms with van der Waals surface area (Å²) in [4.78, 5) is 12.0. The Morgan fingerprint density at radius 1 is 1.31 bits per heavy atom. The number of likely N-dealkylation sites (tertiary alicyclic amines) is 1. The third-order valence-electron chi connectivity index (χ3n) is 7.48. The van der Waals surface area contributed by atoms with Gasteiger partial charge < -0.3 is 5.11 Å². The van der Waals surface area contributed by atoms with Crippen molar-refractivity contribution in [3.63, 3.8) is 0 Å². The standard InChI is InChI=1S/C26H28Cl2N6O/c1-15-10-17(5-8-24(15)33-9-3-4-19(33)14-35)23-13-30-25-22(12-29)32-34(26(25)31-23)16(2)20-7-6-18(27)11-21(20)28/h5-7,11,13,15-16,19,24,35H,3-4,8-10,14H2,1-2H3/t15?,16-,19?,24+/m1/s1. The van der Waals surface area contributed by atoms with Crippen LogP contribution in [0.3, 0.4) is 0 Å². The molecule has 1 aliphatic carbocycles. The van der Waals surface area contributed by atoms with Gasteiger partial charge in [0.2, 0.25) is 0 Å². The quantitative estimate of drug-likeness (QED) is 0.503. The van der Waals surface area contributed by atoms with Gasteiger partial charge in [-0.2, -0.15) is 10.4 Å². The van der Waals surface area contributed by atoms with Gasteiger partial charge in [-0.1, -0.05) is 42.3 Å². The molecule has 1 fully saturated rings. The second-order valence-corrected chi connectivity index (χ2v) is 10.4. The van der Waals surface area contributed by atoms with Crippen LogP contribution in [0.15, 0.2) is 30.5 Å². The Kier molecular flexibility index (Phi) is 6.82. The molecule has 0 spiro atoms. The number of aromatic nitrogens is 4. The summed E-state index contributed by atoms with van der Waals surface area (Å²) in [6, 6.07) is 7.95. The highest BCUT2D eigenvalue weighted by Gasteiger charge is 2.35. The fourth-order valence-corrected chi connectivity index (χ4v) is 6.17. The first-order valence-corrected chi connectivity index (χ1v) is 12.8. The van der Waals surface area contributed by atoms with E-state index in [9.17, 15) is 10.4 Å². The molecule has 1 aliphatic heterocycles. The Bertz CT molecular complexity index is 1330. The maximum atomic E-state index is 9.77. The Balaban J connectivity index is 1.49. The Hall–Kier alpha value is -2.50. The zero-order valence-electron chi connectivity index (χ0n) is 19.8. The number of aliphatic hydroxyl groups excluding tert-OH is 1. The molecule has 0 bridgehead atoms. The number of benzene rings is 1. The van der Waals surface area contributed by atoms with Crippen LogP contribution in [0.5, 0.6) is 0 Å². The monoisotopic (exact) mass is 510 g/mol. The van der Waals surface area contributed by atoms with E-state index in [1.807, 2.05) is 13.0 Å². The summed E-state index contributed by atoms with van der Waals surface area (Å²) in [5, 5.41) is 25.0. The van der Waals surface area contributed by atoms with Gasteiger partial charge in [-0.15, -0.1) is 0 Å². The molecule has 1 aromatic carbocycles. The van der Waals surface area contributed by atoms with Crippen molar-refractivity contribution in [3.8, 4) is 6.07 Å². The minimum atomic E-state index is -0.261. The second kappa shape index (κ2) is 9.87. The average Bonchev–Trinajstić information content (AvgIpc) is 3.47. The molecular formula is C26H28Cl2N6O. The van der Waals surface area contributed by atoms with E-state index in [0.29, 0.717) is 33.2 Å². The SMILES string of the molecule is CC1CC(c2cnc3c(C#N)nn([C@H](C)c4ccc(Cl)cc4Cl)c3n2)=CC[C@@H]1N1CCCC1CO.